The number of fused-ring (bicyclic) bond motifs is 1. The monoisotopic (exact) mass is 627 g/mol. The van der Waals surface area contributed by atoms with Gasteiger partial charge in [-0.15, -0.1) is 0 Å². The SMILES string of the molecule is C=C(C(=O)N([C@H]1CC[C@@H](OC(O)(O)O)C1)C(O)(O)O)C1=C(N(C)C(/C=C\C)=C/C)c2cc(-c3ccn(C)c3)c(OC)cc2OC1. The summed E-state index contributed by atoms with van der Waals surface area (Å²) >= 11 is 0. The van der Waals surface area contributed by atoms with Crippen LogP contribution in [0.2, 0.25) is 0 Å². The molecule has 13 nitrogen and oxygen atoms in total. The van der Waals surface area contributed by atoms with E-state index in [1.165, 1.54) is 0 Å². The Morgan fingerprint density at radius 3 is 2.40 bits per heavy atom. The molecule has 4 rings (SSSR count). The van der Waals surface area contributed by atoms with Crippen LogP contribution >= 0.6 is 0 Å². The first-order chi connectivity index (χ1) is 21.1. The van der Waals surface area contributed by atoms with Crippen LogP contribution in [0.4, 0.5) is 0 Å². The first-order valence-corrected chi connectivity index (χ1v) is 14.4. The Hall–Kier alpha value is -3.95. The van der Waals surface area contributed by atoms with Gasteiger partial charge in [-0.25, -0.2) is 0 Å². The molecule has 2 aliphatic rings. The standard InChI is InChI=1S/C32H41N3O10/c1-7-9-21(8-2)34(5)29-25-15-24(20-12-13-33(4)17-20)27(43-6)16-28(25)44-18-26(29)19(3)30(36)35(31(37,38)39)22-10-11-23(14-22)45-32(40,41)42/h7-9,12-13,15-17,22-23,37-42H,3,10-11,14,18H2,1-2,4-6H3/b9-7-,21-8+/t22-,23+/m0/s1. The molecular weight excluding hydrogens is 586 g/mol. The number of likely N-dealkylation sites (N-methyl/N-ethyl adjacent to an activating group) is 1. The number of amides is 1. The number of carbonyl (C=O) groups is 1. The van der Waals surface area contributed by atoms with Crippen molar-refractivity contribution in [1.29, 1.82) is 0 Å². The molecule has 1 saturated carbocycles. The van der Waals surface area contributed by atoms with Crippen LogP contribution in [-0.2, 0) is 16.6 Å². The van der Waals surface area contributed by atoms with Gasteiger partial charge in [-0.05, 0) is 51.3 Å². The zero-order valence-corrected chi connectivity index (χ0v) is 26.0. The van der Waals surface area contributed by atoms with Crippen molar-refractivity contribution < 1.29 is 49.6 Å². The summed E-state index contributed by atoms with van der Waals surface area (Å²) in [6, 6.07) is 4.58. The van der Waals surface area contributed by atoms with E-state index in [2.05, 4.69) is 6.58 Å². The number of methoxy groups -OCH3 is 1. The second-order valence-electron chi connectivity index (χ2n) is 11.0. The minimum absolute atomic E-state index is 0.0819. The maximum Gasteiger partial charge on any atom is 0.405 e. The van der Waals surface area contributed by atoms with Crippen LogP contribution in [0.15, 0.2) is 72.2 Å². The number of aryl methyl sites for hydroxylation is 1. The van der Waals surface area contributed by atoms with Crippen molar-refractivity contribution in [3.63, 3.8) is 0 Å². The lowest BCUT2D eigenvalue weighted by atomic mass is 9.93. The van der Waals surface area contributed by atoms with Gasteiger partial charge in [0, 0.05) is 72.1 Å². The fourth-order valence-corrected chi connectivity index (χ4v) is 5.92. The van der Waals surface area contributed by atoms with E-state index in [-0.39, 0.29) is 31.4 Å². The average molecular weight is 628 g/mol. The van der Waals surface area contributed by atoms with Crippen molar-refractivity contribution in [3.05, 3.63) is 77.8 Å². The maximum absolute atomic E-state index is 14.0. The van der Waals surface area contributed by atoms with E-state index in [4.69, 9.17) is 14.2 Å². The number of hydrogen-bond acceptors (Lipinski definition) is 11. The molecule has 6 N–H and O–H groups in total. The van der Waals surface area contributed by atoms with Crippen molar-refractivity contribution in [2.24, 2.45) is 7.05 Å². The van der Waals surface area contributed by atoms with Crippen LogP contribution in [-0.4, -0.2) is 96.1 Å². The minimum atomic E-state index is -3.60. The van der Waals surface area contributed by atoms with E-state index in [1.54, 1.807) is 13.2 Å². The van der Waals surface area contributed by atoms with Crippen molar-refractivity contribution in [2.75, 3.05) is 20.8 Å². The molecule has 0 bridgehead atoms. The highest BCUT2D eigenvalue weighted by atomic mass is 16.9. The zero-order valence-electron chi connectivity index (χ0n) is 26.0. The van der Waals surface area contributed by atoms with E-state index >= 15 is 0 Å². The lowest BCUT2D eigenvalue weighted by Gasteiger charge is -2.37. The average Bonchev–Trinajstić information content (AvgIpc) is 3.60. The Balaban J connectivity index is 1.85. The molecule has 1 aliphatic heterocycles. The molecule has 0 radical (unpaired) electrons. The number of hydrogen-bond donors (Lipinski definition) is 6. The fourth-order valence-electron chi connectivity index (χ4n) is 5.92. The van der Waals surface area contributed by atoms with Crippen LogP contribution in [0.25, 0.3) is 16.8 Å². The predicted molar refractivity (Wildman–Crippen MR) is 163 cm³/mol. The second-order valence-corrected chi connectivity index (χ2v) is 11.0. The molecule has 1 fully saturated rings. The lowest BCUT2D eigenvalue weighted by Crippen LogP contribution is -2.57. The molecular formula is C32H41N3O10. The van der Waals surface area contributed by atoms with Crippen LogP contribution in [0.3, 0.4) is 0 Å². The molecule has 2 atom stereocenters. The summed E-state index contributed by atoms with van der Waals surface area (Å²) in [5.41, 5.74) is 3.75. The van der Waals surface area contributed by atoms with Gasteiger partial charge in [0.25, 0.3) is 5.91 Å². The fraction of sp³-hybridized carbons (Fsp3) is 0.406. The van der Waals surface area contributed by atoms with Gasteiger partial charge in [-0.3, -0.25) is 9.69 Å². The Kier molecular flexibility index (Phi) is 9.94. The summed E-state index contributed by atoms with van der Waals surface area (Å²) < 4.78 is 18.5. The van der Waals surface area contributed by atoms with E-state index in [0.717, 1.165) is 16.8 Å². The van der Waals surface area contributed by atoms with Crippen LogP contribution in [0.1, 0.15) is 38.7 Å². The highest BCUT2D eigenvalue weighted by molar-refractivity contribution is 6.01. The third-order valence-electron chi connectivity index (χ3n) is 7.92. The Bertz CT molecular complexity index is 1530. The van der Waals surface area contributed by atoms with Gasteiger partial charge in [0.05, 0.1) is 18.9 Å². The summed E-state index contributed by atoms with van der Waals surface area (Å²) in [5.74, 6) is 0.0592. The van der Waals surface area contributed by atoms with E-state index in [1.807, 2.05) is 80.2 Å². The third kappa shape index (κ3) is 7.31. The molecule has 13 heteroatoms. The molecule has 2 aromatic rings. The summed E-state index contributed by atoms with van der Waals surface area (Å²) in [4.78, 5) is 16.3. The van der Waals surface area contributed by atoms with Crippen molar-refractivity contribution in [1.82, 2.24) is 14.4 Å². The zero-order chi connectivity index (χ0) is 33.3. The highest BCUT2D eigenvalue weighted by Crippen LogP contribution is 2.45. The van der Waals surface area contributed by atoms with Crippen molar-refractivity contribution in [3.8, 4) is 22.6 Å². The van der Waals surface area contributed by atoms with Gasteiger partial charge in [0.15, 0.2) is 0 Å². The Morgan fingerprint density at radius 2 is 1.84 bits per heavy atom. The number of nitrogens with zero attached hydrogens (tertiary/aromatic N) is 3. The Labute approximate surface area is 261 Å². The van der Waals surface area contributed by atoms with E-state index in [0.29, 0.717) is 33.2 Å². The summed E-state index contributed by atoms with van der Waals surface area (Å²) in [5, 5.41) is 58.6. The molecule has 1 aromatic heterocycles. The minimum Gasteiger partial charge on any atom is -0.496 e. The quantitative estimate of drug-likeness (QED) is 0.121. The normalized spacial score (nSPS) is 19.0. The lowest BCUT2D eigenvalue weighted by molar-refractivity contribution is -0.465. The van der Waals surface area contributed by atoms with Crippen LogP contribution in [0.5, 0.6) is 11.5 Å². The van der Waals surface area contributed by atoms with Gasteiger partial charge in [-0.2, -0.15) is 0 Å². The first-order valence-electron chi connectivity index (χ1n) is 14.4. The number of aromatic nitrogens is 1. The molecule has 45 heavy (non-hydrogen) atoms. The number of aliphatic hydroxyl groups is 6. The molecule has 0 spiro atoms. The molecule has 2 heterocycles. The molecule has 0 unspecified atom stereocenters. The van der Waals surface area contributed by atoms with Crippen molar-refractivity contribution in [2.45, 2.75) is 57.5 Å². The Morgan fingerprint density at radius 1 is 1.13 bits per heavy atom. The predicted octanol–water partition coefficient (Wildman–Crippen LogP) is 1.71. The van der Waals surface area contributed by atoms with Crippen LogP contribution in [0, 0.1) is 0 Å². The van der Waals surface area contributed by atoms with Gasteiger partial charge in [0.2, 0.25) is 0 Å². The van der Waals surface area contributed by atoms with Gasteiger partial charge in [-0.1, -0.05) is 18.7 Å². The number of rotatable bonds is 11. The second kappa shape index (κ2) is 13.2. The number of benzene rings is 1. The number of ether oxygens (including phenoxy) is 3. The number of allylic oxidation sites excluding steroid dienone is 3. The van der Waals surface area contributed by atoms with E-state index in [9.17, 15) is 35.4 Å². The third-order valence-corrected chi connectivity index (χ3v) is 7.92. The molecule has 1 amide bonds. The summed E-state index contributed by atoms with van der Waals surface area (Å²) in [7, 11) is 5.29. The molecule has 244 valence electrons. The topological polar surface area (TPSA) is 178 Å². The van der Waals surface area contributed by atoms with E-state index < -0.39 is 30.3 Å². The van der Waals surface area contributed by atoms with Gasteiger partial charge < -0.3 is 54.3 Å². The maximum atomic E-state index is 14.0. The first kappa shape index (κ1) is 33.9. The van der Waals surface area contributed by atoms with Crippen LogP contribution < -0.4 is 9.47 Å². The summed E-state index contributed by atoms with van der Waals surface area (Å²) in [6.07, 6.45) is 1.57. The largest absolute Gasteiger partial charge is 0.496 e. The highest BCUT2D eigenvalue weighted by Gasteiger charge is 2.46. The van der Waals surface area contributed by atoms with Gasteiger partial charge in [0.1, 0.15) is 18.1 Å². The van der Waals surface area contributed by atoms with Gasteiger partial charge >= 0.3 is 12.3 Å². The van der Waals surface area contributed by atoms with Crippen molar-refractivity contribution >= 4 is 11.6 Å². The molecule has 0 saturated heterocycles. The smallest absolute Gasteiger partial charge is 0.405 e. The molecule has 1 aliphatic carbocycles. The molecule has 1 aromatic carbocycles. The number of carbonyl (C=O) groups excluding carboxylic acids is 1. The summed E-state index contributed by atoms with van der Waals surface area (Å²) in [6.45, 7) is 7.63.